The van der Waals surface area contributed by atoms with E-state index >= 15 is 0 Å². The second-order valence-corrected chi connectivity index (χ2v) is 11.3. The van der Waals surface area contributed by atoms with Gasteiger partial charge >= 0.3 is 0 Å². The summed E-state index contributed by atoms with van der Waals surface area (Å²) in [5.41, 5.74) is 8.02. The van der Waals surface area contributed by atoms with E-state index in [1.165, 1.54) is 4.52 Å². The zero-order chi connectivity index (χ0) is 31.0. The summed E-state index contributed by atoms with van der Waals surface area (Å²) in [5, 5.41) is 9.86. The molecule has 12 heteroatoms. The molecule has 1 amide bonds. The third kappa shape index (κ3) is 5.01. The number of ether oxygens (including phenoxy) is 1. The number of carbonyl (C=O) groups excluding carboxylic acids is 1. The van der Waals surface area contributed by atoms with Crippen LogP contribution in [0.3, 0.4) is 0 Å². The zero-order valence-electron chi connectivity index (χ0n) is 25.3. The van der Waals surface area contributed by atoms with E-state index in [0.717, 1.165) is 36.4 Å². The van der Waals surface area contributed by atoms with Crippen molar-refractivity contribution in [3.8, 4) is 17.3 Å². The number of hydrogen-bond donors (Lipinski definition) is 1. The van der Waals surface area contributed by atoms with Crippen LogP contribution in [0.1, 0.15) is 32.3 Å². The summed E-state index contributed by atoms with van der Waals surface area (Å²) in [6, 6.07) is 21.4. The number of nitrogens with two attached hydrogens (primary N) is 1. The Morgan fingerprint density at radius 3 is 2.47 bits per heavy atom. The zero-order valence-corrected chi connectivity index (χ0v) is 25.3. The minimum atomic E-state index is -1.20. The monoisotopic (exact) mass is 605 g/mol. The Kier molecular flexibility index (Phi) is 7.32. The topological polar surface area (TPSA) is 133 Å². The van der Waals surface area contributed by atoms with Gasteiger partial charge in [-0.2, -0.15) is 14.6 Å². The molecule has 0 bridgehead atoms. The number of unbranched alkanes of at least 4 members (excludes halogenated alkanes) is 1. The van der Waals surface area contributed by atoms with Gasteiger partial charge < -0.3 is 24.7 Å². The number of rotatable bonds is 9. The average Bonchev–Trinajstić information content (AvgIpc) is 3.86. The Morgan fingerprint density at radius 1 is 0.978 bits per heavy atom. The van der Waals surface area contributed by atoms with Crippen molar-refractivity contribution in [3.63, 3.8) is 0 Å². The Labute approximate surface area is 260 Å². The summed E-state index contributed by atoms with van der Waals surface area (Å²) in [4.78, 5) is 28.2. The van der Waals surface area contributed by atoms with Crippen LogP contribution in [0.15, 0.2) is 83.6 Å². The first kappa shape index (κ1) is 28.4. The minimum absolute atomic E-state index is 0.0731. The van der Waals surface area contributed by atoms with Crippen LogP contribution in [0.4, 0.5) is 11.6 Å². The molecule has 1 fully saturated rings. The van der Waals surface area contributed by atoms with Gasteiger partial charge in [0.15, 0.2) is 22.6 Å². The Balaban J connectivity index is 1.19. The van der Waals surface area contributed by atoms with E-state index in [1.54, 1.807) is 29.3 Å². The first-order valence-electron chi connectivity index (χ1n) is 15.2. The molecule has 1 saturated heterocycles. The lowest BCUT2D eigenvalue weighted by molar-refractivity contribution is -0.138. The maximum absolute atomic E-state index is 14.6. The van der Waals surface area contributed by atoms with E-state index in [-0.39, 0.29) is 11.9 Å². The maximum atomic E-state index is 14.6. The predicted molar refractivity (Wildman–Crippen MR) is 171 cm³/mol. The van der Waals surface area contributed by atoms with Crippen LogP contribution in [0.5, 0.6) is 5.75 Å². The number of aromatic nitrogens is 6. The van der Waals surface area contributed by atoms with Gasteiger partial charge in [-0.05, 0) is 55.3 Å². The summed E-state index contributed by atoms with van der Waals surface area (Å²) >= 11 is 0. The highest BCUT2D eigenvalue weighted by atomic mass is 16.5. The van der Waals surface area contributed by atoms with Crippen molar-refractivity contribution in [1.82, 2.24) is 34.3 Å². The lowest BCUT2D eigenvalue weighted by atomic mass is 9.90. The van der Waals surface area contributed by atoms with E-state index in [0.29, 0.717) is 54.4 Å². The van der Waals surface area contributed by atoms with E-state index in [1.807, 2.05) is 54.3 Å². The smallest absolute Gasteiger partial charge is 0.255 e. The third-order valence-corrected chi connectivity index (χ3v) is 8.48. The van der Waals surface area contributed by atoms with Gasteiger partial charge in [0.05, 0.1) is 24.5 Å². The molecular weight excluding hydrogens is 570 g/mol. The van der Waals surface area contributed by atoms with Crippen molar-refractivity contribution in [2.24, 2.45) is 0 Å². The quantitative estimate of drug-likeness (QED) is 0.235. The number of nitrogen functional groups attached to an aromatic ring is 1. The van der Waals surface area contributed by atoms with Gasteiger partial charge in [-0.3, -0.25) is 4.79 Å². The highest BCUT2D eigenvalue weighted by Gasteiger charge is 2.43. The molecule has 1 aliphatic rings. The summed E-state index contributed by atoms with van der Waals surface area (Å²) in [7, 11) is 0. The minimum Gasteiger partial charge on any atom is -0.494 e. The molecule has 0 spiro atoms. The number of furan rings is 1. The molecule has 1 unspecified atom stereocenters. The van der Waals surface area contributed by atoms with Gasteiger partial charge in [-0.1, -0.05) is 43.7 Å². The third-order valence-electron chi connectivity index (χ3n) is 8.48. The predicted octanol–water partition coefficient (Wildman–Crippen LogP) is 4.61. The molecule has 230 valence electrons. The van der Waals surface area contributed by atoms with Gasteiger partial charge in [-0.25, -0.2) is 9.67 Å². The number of amides is 1. The number of piperazine rings is 1. The highest BCUT2D eigenvalue weighted by molar-refractivity contribution is 5.94. The number of hydrogen-bond acceptors (Lipinski definition) is 9. The van der Waals surface area contributed by atoms with Gasteiger partial charge in [0.25, 0.3) is 5.91 Å². The van der Waals surface area contributed by atoms with Gasteiger partial charge in [0.2, 0.25) is 11.8 Å². The van der Waals surface area contributed by atoms with Crippen molar-refractivity contribution in [2.45, 2.75) is 32.2 Å². The summed E-state index contributed by atoms with van der Waals surface area (Å²) in [6.45, 7) is 7.29. The second-order valence-electron chi connectivity index (χ2n) is 11.3. The molecule has 7 rings (SSSR count). The Hall–Kier alpha value is -5.39. The molecule has 45 heavy (non-hydrogen) atoms. The molecule has 5 heterocycles. The number of anilines is 2. The molecule has 0 aliphatic carbocycles. The van der Waals surface area contributed by atoms with Crippen LogP contribution in [0, 0.1) is 0 Å². The van der Waals surface area contributed by atoms with Crippen molar-refractivity contribution in [3.05, 3.63) is 84.8 Å². The molecule has 4 aromatic heterocycles. The van der Waals surface area contributed by atoms with Crippen LogP contribution in [0.25, 0.3) is 28.3 Å². The van der Waals surface area contributed by atoms with Gasteiger partial charge in [0, 0.05) is 31.9 Å². The normalized spacial score (nSPS) is 15.1. The van der Waals surface area contributed by atoms with Gasteiger partial charge in [-0.15, -0.1) is 5.10 Å². The number of carbonyl (C=O) groups is 1. The molecular formula is C33H35N9O3. The summed E-state index contributed by atoms with van der Waals surface area (Å²) < 4.78 is 14.5. The molecule has 0 radical (unpaired) electrons. The lowest BCUT2D eigenvalue weighted by Crippen LogP contribution is -2.56. The van der Waals surface area contributed by atoms with Crippen molar-refractivity contribution in [1.29, 1.82) is 0 Å². The standard InChI is InChI=1S/C33H35N9O3/c1-3-4-20-44-25-14-12-24(13-15-25)39-16-18-40(19-17-39)31(43)33(2,23-9-6-5-7-10-23)42-30-26(22-35-42)29-36-28(27-11-8-21-45-27)38-41(29)32(34)37-30/h5-15,21-22H,3-4,16-20H2,1-2H3,(H2,34,37). The van der Waals surface area contributed by atoms with E-state index in [2.05, 4.69) is 39.0 Å². The van der Waals surface area contributed by atoms with Crippen molar-refractivity contribution >= 4 is 34.2 Å². The SMILES string of the molecule is CCCCOc1ccc(N2CCN(C(=O)C(C)(c3ccccc3)n3ncc4c3nc(N)n3nc(-c5ccco5)nc43)CC2)cc1. The number of nitrogens with zero attached hydrogens (tertiary/aromatic N) is 8. The fourth-order valence-corrected chi connectivity index (χ4v) is 5.91. The van der Waals surface area contributed by atoms with E-state index in [9.17, 15) is 4.79 Å². The number of fused-ring (bicyclic) bond motifs is 3. The molecule has 6 aromatic rings. The van der Waals surface area contributed by atoms with Crippen molar-refractivity contribution in [2.75, 3.05) is 43.4 Å². The van der Waals surface area contributed by atoms with Crippen LogP contribution in [0.2, 0.25) is 0 Å². The van der Waals surface area contributed by atoms with Crippen LogP contribution >= 0.6 is 0 Å². The average molecular weight is 606 g/mol. The van der Waals surface area contributed by atoms with Gasteiger partial charge in [0.1, 0.15) is 5.75 Å². The lowest BCUT2D eigenvalue weighted by Gasteiger charge is -2.40. The maximum Gasteiger partial charge on any atom is 0.255 e. The van der Waals surface area contributed by atoms with Crippen LogP contribution in [-0.2, 0) is 10.3 Å². The van der Waals surface area contributed by atoms with E-state index < -0.39 is 5.54 Å². The Morgan fingerprint density at radius 2 is 1.76 bits per heavy atom. The van der Waals surface area contributed by atoms with Crippen LogP contribution in [-0.4, -0.2) is 73.0 Å². The first-order chi connectivity index (χ1) is 22.0. The fourth-order valence-electron chi connectivity index (χ4n) is 5.91. The molecule has 1 aliphatic heterocycles. The molecule has 1 atom stereocenters. The summed E-state index contributed by atoms with van der Waals surface area (Å²) in [6.07, 6.45) is 5.37. The summed E-state index contributed by atoms with van der Waals surface area (Å²) in [5.74, 6) is 1.82. The Bertz CT molecular complexity index is 1930. The number of benzene rings is 2. The molecule has 12 nitrogen and oxygen atoms in total. The highest BCUT2D eigenvalue weighted by Crippen LogP contribution is 2.33. The van der Waals surface area contributed by atoms with E-state index in [4.69, 9.17) is 20.0 Å². The molecule has 0 saturated carbocycles. The second kappa shape index (κ2) is 11.6. The fraction of sp³-hybridized carbons (Fsp3) is 0.303. The van der Waals surface area contributed by atoms with Crippen molar-refractivity contribution < 1.29 is 13.9 Å². The largest absolute Gasteiger partial charge is 0.494 e. The molecule has 2 N–H and O–H groups in total. The van der Waals surface area contributed by atoms with Crippen LogP contribution < -0.4 is 15.4 Å². The first-order valence-corrected chi connectivity index (χ1v) is 15.2. The molecule has 2 aromatic carbocycles.